The van der Waals surface area contributed by atoms with E-state index in [9.17, 15) is 19.8 Å². The van der Waals surface area contributed by atoms with Crippen molar-refractivity contribution in [3.05, 3.63) is 33.4 Å². The maximum atomic E-state index is 12.7. The predicted molar refractivity (Wildman–Crippen MR) is 82.8 cm³/mol. The fourth-order valence-electron chi connectivity index (χ4n) is 5.77. The van der Waals surface area contributed by atoms with Gasteiger partial charge >= 0.3 is 11.6 Å². The highest BCUT2D eigenvalue weighted by molar-refractivity contribution is 5.82. The van der Waals surface area contributed by atoms with Crippen molar-refractivity contribution in [1.82, 2.24) is 0 Å². The van der Waals surface area contributed by atoms with E-state index in [0.717, 1.165) is 5.56 Å². The van der Waals surface area contributed by atoms with Crippen molar-refractivity contribution in [1.29, 1.82) is 0 Å². The first-order valence-electron chi connectivity index (χ1n) is 8.60. The minimum Gasteiger partial charge on any atom is -0.461 e. The molecule has 0 radical (unpaired) electrons. The van der Waals surface area contributed by atoms with Gasteiger partial charge in [-0.05, 0) is 19.4 Å². The van der Waals surface area contributed by atoms with E-state index in [1.165, 1.54) is 6.07 Å². The third kappa shape index (κ3) is 1.58. The number of ether oxygens (including phenoxy) is 2. The summed E-state index contributed by atoms with van der Waals surface area (Å²) in [5.74, 6) is -0.515. The van der Waals surface area contributed by atoms with Gasteiger partial charge in [0.1, 0.15) is 29.5 Å². The van der Waals surface area contributed by atoms with E-state index in [1.807, 2.05) is 6.92 Å². The summed E-state index contributed by atoms with van der Waals surface area (Å²) in [4.78, 5) is 24.8. The van der Waals surface area contributed by atoms with Crippen LogP contribution in [0.1, 0.15) is 43.8 Å². The molecule has 2 N–H and O–H groups in total. The summed E-state index contributed by atoms with van der Waals surface area (Å²) >= 11 is 0. The van der Waals surface area contributed by atoms with Gasteiger partial charge in [-0.1, -0.05) is 6.92 Å². The predicted octanol–water partition coefficient (Wildman–Crippen LogP) is 0.197. The van der Waals surface area contributed by atoms with Crippen LogP contribution in [-0.2, 0) is 26.1 Å². The normalized spacial score (nSPS) is 47.4. The standard InChI is InChI=1S/C18H20O7/c1-6(19)11-7-4-9-13-17(2,8(7)5-10(20)24-11)15-12(25-15)14(21)18(13,3)16(22)23-9/h5-6,9,12-15,19,21H,4H2,1-3H3. The molecular weight excluding hydrogens is 328 g/mol. The zero-order chi connectivity index (χ0) is 17.9. The Labute approximate surface area is 143 Å². The Morgan fingerprint density at radius 2 is 2.00 bits per heavy atom. The minimum absolute atomic E-state index is 0.218. The molecule has 0 amide bonds. The number of fused-ring (bicyclic) bond motifs is 4. The summed E-state index contributed by atoms with van der Waals surface area (Å²) in [6.07, 6.45) is -2.71. The molecular formula is C18H20O7. The van der Waals surface area contributed by atoms with Gasteiger partial charge in [-0.25, -0.2) is 4.79 Å². The first kappa shape index (κ1) is 15.5. The van der Waals surface area contributed by atoms with E-state index in [4.69, 9.17) is 13.9 Å². The molecule has 8 unspecified atom stereocenters. The number of aliphatic hydroxyl groups is 2. The monoisotopic (exact) mass is 348 g/mol. The summed E-state index contributed by atoms with van der Waals surface area (Å²) in [5.41, 5.74) is -0.825. The Bertz CT molecular complexity index is 857. The van der Waals surface area contributed by atoms with Crippen molar-refractivity contribution in [2.45, 2.75) is 63.1 Å². The van der Waals surface area contributed by atoms with Gasteiger partial charge in [-0.3, -0.25) is 4.79 Å². The van der Waals surface area contributed by atoms with Crippen molar-refractivity contribution in [2.24, 2.45) is 11.3 Å². The molecule has 3 heterocycles. The first-order chi connectivity index (χ1) is 11.7. The van der Waals surface area contributed by atoms with Gasteiger partial charge in [-0.2, -0.15) is 0 Å². The summed E-state index contributed by atoms with van der Waals surface area (Å²) in [6, 6.07) is 1.44. The second kappa shape index (κ2) is 4.34. The van der Waals surface area contributed by atoms with Crippen LogP contribution in [0.5, 0.6) is 0 Å². The number of hydrogen-bond acceptors (Lipinski definition) is 7. The van der Waals surface area contributed by atoms with Crippen LogP contribution in [0.15, 0.2) is 15.3 Å². The maximum Gasteiger partial charge on any atom is 0.336 e. The number of carbonyl (C=O) groups excluding carboxylic acids is 1. The van der Waals surface area contributed by atoms with Gasteiger partial charge in [0.05, 0.1) is 12.2 Å². The molecule has 5 rings (SSSR count). The van der Waals surface area contributed by atoms with Crippen LogP contribution in [0.3, 0.4) is 0 Å². The van der Waals surface area contributed by atoms with E-state index in [1.54, 1.807) is 13.8 Å². The van der Waals surface area contributed by atoms with E-state index >= 15 is 0 Å². The van der Waals surface area contributed by atoms with Gasteiger partial charge in [0.2, 0.25) is 0 Å². The molecule has 1 aromatic rings. The number of carbonyl (C=O) groups is 1. The van der Waals surface area contributed by atoms with Crippen molar-refractivity contribution in [3.8, 4) is 0 Å². The molecule has 7 heteroatoms. The lowest BCUT2D eigenvalue weighted by atomic mass is 9.49. The quantitative estimate of drug-likeness (QED) is 0.551. The summed E-state index contributed by atoms with van der Waals surface area (Å²) in [6.45, 7) is 5.23. The number of epoxide rings is 1. The molecule has 1 aromatic heterocycles. The van der Waals surface area contributed by atoms with Crippen LogP contribution in [0, 0.1) is 11.3 Å². The zero-order valence-electron chi connectivity index (χ0n) is 14.2. The van der Waals surface area contributed by atoms with Crippen LogP contribution in [0.2, 0.25) is 0 Å². The number of esters is 1. The highest BCUT2D eigenvalue weighted by Gasteiger charge is 2.78. The maximum absolute atomic E-state index is 12.7. The highest BCUT2D eigenvalue weighted by atomic mass is 16.6. The molecule has 7 nitrogen and oxygen atoms in total. The number of hydrogen-bond donors (Lipinski definition) is 2. The molecule has 4 aliphatic rings. The minimum atomic E-state index is -1.07. The van der Waals surface area contributed by atoms with Crippen molar-refractivity contribution < 1.29 is 28.9 Å². The topological polar surface area (TPSA) is 110 Å². The summed E-state index contributed by atoms with van der Waals surface area (Å²) < 4.78 is 16.7. The SMILES string of the molecule is CC(O)c1oc(=O)cc2c1CC1OC(=O)C3(C)C(O)C4OC4C2(C)C13. The lowest BCUT2D eigenvalue weighted by molar-refractivity contribution is -0.154. The molecule has 0 aromatic carbocycles. The van der Waals surface area contributed by atoms with E-state index in [2.05, 4.69) is 0 Å². The Balaban J connectivity index is 1.81. The highest BCUT2D eigenvalue weighted by Crippen LogP contribution is 2.66. The second-order valence-corrected chi connectivity index (χ2v) is 8.15. The van der Waals surface area contributed by atoms with Gasteiger partial charge in [-0.15, -0.1) is 0 Å². The lowest BCUT2D eigenvalue weighted by Crippen LogP contribution is -2.62. The van der Waals surface area contributed by atoms with Crippen molar-refractivity contribution in [3.63, 3.8) is 0 Å². The van der Waals surface area contributed by atoms with Crippen LogP contribution in [0.4, 0.5) is 0 Å². The third-order valence-electron chi connectivity index (χ3n) is 6.86. The van der Waals surface area contributed by atoms with Crippen LogP contribution < -0.4 is 5.63 Å². The largest absolute Gasteiger partial charge is 0.461 e. The van der Waals surface area contributed by atoms with E-state index < -0.39 is 46.8 Å². The fourth-order valence-corrected chi connectivity index (χ4v) is 5.77. The van der Waals surface area contributed by atoms with Crippen molar-refractivity contribution >= 4 is 5.97 Å². The van der Waals surface area contributed by atoms with Crippen LogP contribution >= 0.6 is 0 Å². The first-order valence-corrected chi connectivity index (χ1v) is 8.60. The average molecular weight is 348 g/mol. The van der Waals surface area contributed by atoms with Crippen LogP contribution in [-0.4, -0.2) is 40.6 Å². The Morgan fingerprint density at radius 3 is 2.68 bits per heavy atom. The number of aliphatic hydroxyl groups excluding tert-OH is 2. The molecule has 8 atom stereocenters. The molecule has 2 aliphatic carbocycles. The van der Waals surface area contributed by atoms with E-state index in [0.29, 0.717) is 12.0 Å². The summed E-state index contributed by atoms with van der Waals surface area (Å²) in [5, 5.41) is 20.8. The lowest BCUT2D eigenvalue weighted by Gasteiger charge is -2.50. The van der Waals surface area contributed by atoms with Gasteiger partial charge < -0.3 is 24.1 Å². The zero-order valence-corrected chi connectivity index (χ0v) is 14.2. The smallest absolute Gasteiger partial charge is 0.336 e. The fraction of sp³-hybridized carbons (Fsp3) is 0.667. The molecule has 2 aliphatic heterocycles. The van der Waals surface area contributed by atoms with Gasteiger partial charge in [0.15, 0.2) is 0 Å². The Hall–Kier alpha value is -1.70. The van der Waals surface area contributed by atoms with Gasteiger partial charge in [0.25, 0.3) is 0 Å². The third-order valence-corrected chi connectivity index (χ3v) is 6.86. The van der Waals surface area contributed by atoms with Crippen LogP contribution in [0.25, 0.3) is 0 Å². The second-order valence-electron chi connectivity index (χ2n) is 8.15. The molecule has 1 saturated carbocycles. The molecule has 3 fully saturated rings. The number of rotatable bonds is 1. The molecule has 25 heavy (non-hydrogen) atoms. The summed E-state index contributed by atoms with van der Waals surface area (Å²) in [7, 11) is 0. The van der Waals surface area contributed by atoms with E-state index in [-0.39, 0.29) is 17.8 Å². The molecule has 2 saturated heterocycles. The molecule has 0 spiro atoms. The van der Waals surface area contributed by atoms with Crippen molar-refractivity contribution in [2.75, 3.05) is 0 Å². The van der Waals surface area contributed by atoms with Gasteiger partial charge in [0, 0.05) is 29.4 Å². The Kier molecular flexibility index (Phi) is 2.70. The Morgan fingerprint density at radius 1 is 1.28 bits per heavy atom. The molecule has 134 valence electrons. The molecule has 0 bridgehead atoms. The average Bonchev–Trinajstić information content (AvgIpc) is 3.29.